The number of Topliss-reactive ketones (excluding diaryl/α,β-unsaturated/α-hetero) is 1. The molecule has 0 aromatic rings. The summed E-state index contributed by atoms with van der Waals surface area (Å²) in [6.07, 6.45) is 12.8. The van der Waals surface area contributed by atoms with Crippen molar-refractivity contribution in [2.75, 3.05) is 0 Å². The summed E-state index contributed by atoms with van der Waals surface area (Å²) in [5.41, 5.74) is 0.672. The Balaban J connectivity index is 1.51. The summed E-state index contributed by atoms with van der Waals surface area (Å²) < 4.78 is 0. The smallest absolute Gasteiger partial charge is 0.136 e. The molecule has 4 saturated carbocycles. The number of aliphatic hydroxyl groups excluding tert-OH is 1. The van der Waals surface area contributed by atoms with Gasteiger partial charge in [-0.1, -0.05) is 53.9 Å². The second kappa shape index (κ2) is 7.95. The average molecular weight is 403 g/mol. The fraction of sp³-hybridized carbons (Fsp3) is 0.963. The standard InChI is InChI=1S/C27H46O2/c1-17(2)7-6-8-18(3)21-9-10-22-25-23(12-14-27(21,22)5)26(4)13-11-20(28)15-19(26)16-24(25)29/h17-23,25,28H,6-16H2,1-5H3/t18-,19-,20-,21?,22?,23?,25?,26?,27?/m1/s1. The van der Waals surface area contributed by atoms with E-state index in [0.29, 0.717) is 40.3 Å². The summed E-state index contributed by atoms with van der Waals surface area (Å²) in [5.74, 6) is 4.93. The van der Waals surface area contributed by atoms with E-state index >= 15 is 0 Å². The molecule has 4 rings (SSSR count). The Morgan fingerprint density at radius 3 is 2.38 bits per heavy atom. The van der Waals surface area contributed by atoms with Crippen molar-refractivity contribution in [3.05, 3.63) is 0 Å². The van der Waals surface area contributed by atoms with Crippen LogP contribution in [0, 0.1) is 52.3 Å². The van der Waals surface area contributed by atoms with Crippen LogP contribution in [0.15, 0.2) is 0 Å². The summed E-state index contributed by atoms with van der Waals surface area (Å²) in [6, 6.07) is 0. The average Bonchev–Trinajstić information content (AvgIpc) is 3.00. The number of carbonyl (C=O) groups excluding carboxylic acids is 1. The van der Waals surface area contributed by atoms with Crippen LogP contribution in [0.4, 0.5) is 0 Å². The zero-order chi connectivity index (χ0) is 21.0. The minimum atomic E-state index is -0.172. The van der Waals surface area contributed by atoms with E-state index in [1.165, 1.54) is 44.9 Å². The third kappa shape index (κ3) is 3.64. The number of carbonyl (C=O) groups is 1. The molecule has 166 valence electrons. The number of fused-ring (bicyclic) bond motifs is 5. The lowest BCUT2D eigenvalue weighted by Gasteiger charge is -2.60. The maximum Gasteiger partial charge on any atom is 0.136 e. The zero-order valence-corrected chi connectivity index (χ0v) is 19.8. The van der Waals surface area contributed by atoms with Crippen LogP contribution in [0.2, 0.25) is 0 Å². The van der Waals surface area contributed by atoms with Gasteiger partial charge in [0.05, 0.1) is 6.10 Å². The molecule has 4 fully saturated rings. The van der Waals surface area contributed by atoms with Gasteiger partial charge in [0, 0.05) is 12.3 Å². The Bertz CT molecular complexity index is 612. The van der Waals surface area contributed by atoms with E-state index in [1.807, 2.05) is 0 Å². The first-order valence-corrected chi connectivity index (χ1v) is 12.9. The molecule has 0 amide bonds. The maximum atomic E-state index is 13.5. The highest BCUT2D eigenvalue weighted by Gasteiger charge is 2.62. The molecule has 2 heteroatoms. The molecule has 1 N–H and O–H groups in total. The first kappa shape index (κ1) is 21.8. The van der Waals surface area contributed by atoms with Crippen LogP contribution in [-0.4, -0.2) is 17.0 Å². The minimum absolute atomic E-state index is 0.172. The third-order valence-electron chi connectivity index (χ3n) is 10.6. The Morgan fingerprint density at radius 2 is 1.66 bits per heavy atom. The van der Waals surface area contributed by atoms with E-state index in [1.54, 1.807) is 0 Å². The Hall–Kier alpha value is -0.370. The normalized spacial score (nSPS) is 48.2. The summed E-state index contributed by atoms with van der Waals surface area (Å²) in [4.78, 5) is 13.5. The second-order valence-electron chi connectivity index (χ2n) is 12.6. The monoisotopic (exact) mass is 402 g/mol. The van der Waals surface area contributed by atoms with Gasteiger partial charge in [-0.05, 0) is 91.3 Å². The quantitative estimate of drug-likeness (QED) is 0.559. The van der Waals surface area contributed by atoms with Crippen LogP contribution in [0.25, 0.3) is 0 Å². The SMILES string of the molecule is CC(C)CCC[C@@H](C)C1CCC2C3C(=O)C[C@H]4C[C@H](O)CCC4(C)C3CCC21C. The molecule has 2 nitrogen and oxygen atoms in total. The van der Waals surface area contributed by atoms with E-state index in [-0.39, 0.29) is 6.10 Å². The van der Waals surface area contributed by atoms with Gasteiger partial charge < -0.3 is 5.11 Å². The molecule has 0 aromatic carbocycles. The molecule has 0 radical (unpaired) electrons. The number of ketones is 1. The topological polar surface area (TPSA) is 37.3 Å². The Kier molecular flexibility index (Phi) is 5.99. The molecule has 6 unspecified atom stereocenters. The van der Waals surface area contributed by atoms with Crippen molar-refractivity contribution in [3.8, 4) is 0 Å². The molecule has 29 heavy (non-hydrogen) atoms. The first-order valence-electron chi connectivity index (χ1n) is 12.9. The summed E-state index contributed by atoms with van der Waals surface area (Å²) >= 11 is 0. The van der Waals surface area contributed by atoms with Crippen LogP contribution >= 0.6 is 0 Å². The summed E-state index contributed by atoms with van der Waals surface area (Å²) in [5, 5.41) is 10.2. The van der Waals surface area contributed by atoms with Gasteiger partial charge in [0.15, 0.2) is 0 Å². The molecule has 4 aliphatic carbocycles. The molecule has 0 bridgehead atoms. The van der Waals surface area contributed by atoms with Gasteiger partial charge in [-0.15, -0.1) is 0 Å². The first-order chi connectivity index (χ1) is 13.7. The molecule has 0 saturated heterocycles. The van der Waals surface area contributed by atoms with Crippen molar-refractivity contribution in [1.29, 1.82) is 0 Å². The number of hydrogen-bond donors (Lipinski definition) is 1. The van der Waals surface area contributed by atoms with Crippen LogP contribution in [0.3, 0.4) is 0 Å². The lowest BCUT2D eigenvalue weighted by Crippen LogP contribution is -2.57. The highest BCUT2D eigenvalue weighted by molar-refractivity contribution is 5.83. The van der Waals surface area contributed by atoms with Crippen LogP contribution < -0.4 is 0 Å². The van der Waals surface area contributed by atoms with Gasteiger partial charge in [-0.3, -0.25) is 4.79 Å². The van der Waals surface area contributed by atoms with Gasteiger partial charge in [0.25, 0.3) is 0 Å². The van der Waals surface area contributed by atoms with E-state index < -0.39 is 0 Å². The molecule has 4 aliphatic rings. The number of rotatable bonds is 5. The number of aliphatic hydroxyl groups is 1. The Labute approximate surface area is 179 Å². The van der Waals surface area contributed by atoms with Crippen molar-refractivity contribution in [1.82, 2.24) is 0 Å². The van der Waals surface area contributed by atoms with E-state index in [2.05, 4.69) is 34.6 Å². The fourth-order valence-corrected chi connectivity index (χ4v) is 8.93. The number of hydrogen-bond acceptors (Lipinski definition) is 2. The summed E-state index contributed by atoms with van der Waals surface area (Å²) in [6.45, 7) is 12.2. The van der Waals surface area contributed by atoms with Gasteiger partial charge in [-0.2, -0.15) is 0 Å². The van der Waals surface area contributed by atoms with E-state index in [4.69, 9.17) is 0 Å². The molecular weight excluding hydrogens is 356 g/mol. The lowest BCUT2D eigenvalue weighted by atomic mass is 9.44. The van der Waals surface area contributed by atoms with Crippen molar-refractivity contribution in [3.63, 3.8) is 0 Å². The van der Waals surface area contributed by atoms with Crippen LogP contribution in [-0.2, 0) is 4.79 Å². The minimum Gasteiger partial charge on any atom is -0.393 e. The Morgan fingerprint density at radius 1 is 0.966 bits per heavy atom. The summed E-state index contributed by atoms with van der Waals surface area (Å²) in [7, 11) is 0. The van der Waals surface area contributed by atoms with Crippen molar-refractivity contribution < 1.29 is 9.90 Å². The highest BCUT2D eigenvalue weighted by atomic mass is 16.3. The molecule has 0 aliphatic heterocycles. The fourth-order valence-electron chi connectivity index (χ4n) is 8.93. The van der Waals surface area contributed by atoms with Crippen LogP contribution in [0.5, 0.6) is 0 Å². The van der Waals surface area contributed by atoms with Gasteiger partial charge in [0.2, 0.25) is 0 Å². The third-order valence-corrected chi connectivity index (χ3v) is 10.6. The zero-order valence-electron chi connectivity index (χ0n) is 19.8. The molecule has 9 atom stereocenters. The molecule has 0 spiro atoms. The van der Waals surface area contributed by atoms with Gasteiger partial charge in [0.1, 0.15) is 5.78 Å². The van der Waals surface area contributed by atoms with Gasteiger partial charge >= 0.3 is 0 Å². The van der Waals surface area contributed by atoms with E-state index in [9.17, 15) is 9.90 Å². The second-order valence-corrected chi connectivity index (χ2v) is 12.6. The van der Waals surface area contributed by atoms with Gasteiger partial charge in [-0.25, -0.2) is 0 Å². The maximum absolute atomic E-state index is 13.5. The predicted molar refractivity (Wildman–Crippen MR) is 119 cm³/mol. The lowest BCUT2D eigenvalue weighted by molar-refractivity contribution is -0.160. The molecular formula is C27H46O2. The van der Waals surface area contributed by atoms with Crippen molar-refractivity contribution in [2.24, 2.45) is 52.3 Å². The largest absolute Gasteiger partial charge is 0.393 e. The highest BCUT2D eigenvalue weighted by Crippen LogP contribution is 2.67. The van der Waals surface area contributed by atoms with Crippen LogP contribution in [0.1, 0.15) is 105 Å². The predicted octanol–water partition coefficient (Wildman–Crippen LogP) is 6.65. The van der Waals surface area contributed by atoms with E-state index in [0.717, 1.165) is 43.4 Å². The van der Waals surface area contributed by atoms with Crippen molar-refractivity contribution in [2.45, 2.75) is 111 Å². The van der Waals surface area contributed by atoms with Crippen molar-refractivity contribution >= 4 is 5.78 Å². The molecule has 0 heterocycles. The molecule has 0 aromatic heterocycles.